The van der Waals surface area contributed by atoms with E-state index >= 15 is 0 Å². The monoisotopic (exact) mass is 378 g/mol. The molecule has 0 bridgehead atoms. The molecule has 1 aliphatic heterocycles. The molecular formula is C22H38O3Si. The molecule has 1 fully saturated rings. The Morgan fingerprint density at radius 2 is 1.42 bits per heavy atom. The molecule has 1 heterocycles. The zero-order chi connectivity index (χ0) is 19.5. The Morgan fingerprint density at radius 1 is 0.885 bits per heavy atom. The number of hydrogen-bond donors (Lipinski definition) is 0. The molecule has 2 rings (SSSR count). The van der Waals surface area contributed by atoms with Gasteiger partial charge in [0, 0.05) is 6.42 Å². The van der Waals surface area contributed by atoms with Gasteiger partial charge in [-0.05, 0) is 66.6 Å². The maximum absolute atomic E-state index is 6.90. The Morgan fingerprint density at radius 3 is 1.92 bits per heavy atom. The molecule has 1 atom stereocenters. The van der Waals surface area contributed by atoms with Crippen LogP contribution in [0.5, 0.6) is 11.5 Å². The van der Waals surface area contributed by atoms with E-state index in [1.165, 1.54) is 12.0 Å². The molecule has 1 saturated heterocycles. The minimum Gasteiger partial charge on any atom is -0.543 e. The van der Waals surface area contributed by atoms with Crippen LogP contribution in [0.25, 0.3) is 0 Å². The van der Waals surface area contributed by atoms with Crippen molar-refractivity contribution in [2.24, 2.45) is 0 Å². The van der Waals surface area contributed by atoms with E-state index < -0.39 is 8.32 Å². The lowest BCUT2D eigenvalue weighted by Gasteiger charge is -2.42. The van der Waals surface area contributed by atoms with Crippen molar-refractivity contribution in [2.45, 2.75) is 97.6 Å². The lowest BCUT2D eigenvalue weighted by atomic mass is 10.1. The van der Waals surface area contributed by atoms with Crippen LogP contribution in [0.3, 0.4) is 0 Å². The third-order valence-electron chi connectivity index (χ3n) is 6.08. The molecule has 3 nitrogen and oxygen atoms in total. The van der Waals surface area contributed by atoms with Gasteiger partial charge in [0.15, 0.2) is 6.29 Å². The zero-order valence-corrected chi connectivity index (χ0v) is 19.0. The molecule has 1 aliphatic rings. The highest BCUT2D eigenvalue weighted by Crippen LogP contribution is 2.44. The van der Waals surface area contributed by atoms with Crippen LogP contribution in [0.15, 0.2) is 12.1 Å². The fraction of sp³-hybridized carbons (Fsp3) is 0.727. The average Bonchev–Trinajstić information content (AvgIpc) is 2.58. The van der Waals surface area contributed by atoms with Gasteiger partial charge in [-0.15, -0.1) is 0 Å². The highest BCUT2D eigenvalue weighted by Gasteiger charge is 2.47. The Kier molecular flexibility index (Phi) is 7.20. The Hall–Kier alpha value is -1.00. The first-order chi connectivity index (χ1) is 12.2. The van der Waals surface area contributed by atoms with Gasteiger partial charge in [-0.3, -0.25) is 0 Å². The quantitative estimate of drug-likeness (QED) is 0.490. The molecule has 0 aliphatic carbocycles. The molecule has 0 saturated carbocycles. The molecule has 26 heavy (non-hydrogen) atoms. The van der Waals surface area contributed by atoms with Crippen LogP contribution in [-0.2, 0) is 4.74 Å². The lowest BCUT2D eigenvalue weighted by Crippen LogP contribution is -2.50. The fourth-order valence-corrected chi connectivity index (χ4v) is 9.81. The van der Waals surface area contributed by atoms with Crippen molar-refractivity contribution in [1.29, 1.82) is 0 Å². The number of hydrogen-bond acceptors (Lipinski definition) is 3. The molecule has 0 amide bonds. The standard InChI is InChI=1S/C22H38O3Si/c1-15(2)26(16(3)4,17(5)6)25-21-13-12-20(18(7)19(21)8)24-22-11-9-10-14-23-22/h12-13,15-17,22H,9-11,14H2,1-8H3. The maximum Gasteiger partial charge on any atom is 0.258 e. The second-order valence-corrected chi connectivity index (χ2v) is 14.0. The lowest BCUT2D eigenvalue weighted by molar-refractivity contribution is -0.106. The first-order valence-electron chi connectivity index (χ1n) is 10.3. The maximum atomic E-state index is 6.90. The Bertz CT molecular complexity index is 568. The van der Waals surface area contributed by atoms with E-state index in [4.69, 9.17) is 13.9 Å². The van der Waals surface area contributed by atoms with Crippen molar-refractivity contribution in [2.75, 3.05) is 6.61 Å². The van der Waals surface area contributed by atoms with Crippen LogP contribution >= 0.6 is 0 Å². The smallest absolute Gasteiger partial charge is 0.258 e. The first-order valence-corrected chi connectivity index (χ1v) is 12.4. The predicted octanol–water partition coefficient (Wildman–Crippen LogP) is 6.76. The van der Waals surface area contributed by atoms with E-state index in [0.717, 1.165) is 36.5 Å². The summed E-state index contributed by atoms with van der Waals surface area (Å²) in [5.41, 5.74) is 4.05. The number of rotatable bonds is 7. The minimum atomic E-state index is -1.95. The summed E-state index contributed by atoms with van der Waals surface area (Å²) in [6.45, 7) is 19.0. The topological polar surface area (TPSA) is 27.7 Å². The molecule has 0 N–H and O–H groups in total. The SMILES string of the molecule is Cc1c(OC2CCCCO2)ccc(O[Si](C(C)C)(C(C)C)C(C)C)c1C. The molecule has 1 aromatic rings. The molecule has 0 spiro atoms. The molecule has 0 aromatic heterocycles. The van der Waals surface area contributed by atoms with Gasteiger partial charge in [-0.25, -0.2) is 0 Å². The Labute approximate surface area is 161 Å². The summed E-state index contributed by atoms with van der Waals surface area (Å²) >= 11 is 0. The van der Waals surface area contributed by atoms with Crippen LogP contribution in [0.2, 0.25) is 16.6 Å². The average molecular weight is 379 g/mol. The third-order valence-corrected chi connectivity index (χ3v) is 12.1. The van der Waals surface area contributed by atoms with Crippen LogP contribution in [0, 0.1) is 13.8 Å². The second-order valence-electron chi connectivity index (χ2n) is 8.65. The second kappa shape index (κ2) is 8.79. The van der Waals surface area contributed by atoms with Crippen molar-refractivity contribution in [3.05, 3.63) is 23.3 Å². The van der Waals surface area contributed by atoms with Crippen LogP contribution in [0.1, 0.15) is 71.9 Å². The van der Waals surface area contributed by atoms with Crippen LogP contribution < -0.4 is 9.16 Å². The molecule has 1 unspecified atom stereocenters. The van der Waals surface area contributed by atoms with Gasteiger partial charge in [0.05, 0.1) is 6.61 Å². The summed E-state index contributed by atoms with van der Waals surface area (Å²) in [5.74, 6) is 1.95. The van der Waals surface area contributed by atoms with Gasteiger partial charge in [-0.2, -0.15) is 0 Å². The summed E-state index contributed by atoms with van der Waals surface area (Å²) in [5, 5.41) is 0. The summed E-state index contributed by atoms with van der Waals surface area (Å²) in [7, 11) is -1.95. The normalized spacial score (nSPS) is 18.7. The zero-order valence-electron chi connectivity index (χ0n) is 18.0. The van der Waals surface area contributed by atoms with E-state index in [9.17, 15) is 0 Å². The highest BCUT2D eigenvalue weighted by molar-refractivity contribution is 6.78. The molecular weight excluding hydrogens is 340 g/mol. The summed E-state index contributed by atoms with van der Waals surface area (Å²) in [6.07, 6.45) is 3.18. The van der Waals surface area contributed by atoms with Gasteiger partial charge in [0.1, 0.15) is 11.5 Å². The van der Waals surface area contributed by atoms with Crippen molar-refractivity contribution in [1.82, 2.24) is 0 Å². The highest BCUT2D eigenvalue weighted by atomic mass is 28.4. The molecule has 1 aromatic carbocycles. The fourth-order valence-electron chi connectivity index (χ4n) is 4.50. The van der Waals surface area contributed by atoms with Crippen molar-refractivity contribution in [3.8, 4) is 11.5 Å². The van der Waals surface area contributed by atoms with Crippen molar-refractivity contribution < 1.29 is 13.9 Å². The summed E-state index contributed by atoms with van der Waals surface area (Å²) < 4.78 is 18.8. The third kappa shape index (κ3) is 4.28. The van der Waals surface area contributed by atoms with E-state index in [-0.39, 0.29) is 6.29 Å². The Balaban J connectivity index is 2.28. The van der Waals surface area contributed by atoms with E-state index in [1.807, 2.05) is 0 Å². The van der Waals surface area contributed by atoms with Gasteiger partial charge >= 0.3 is 0 Å². The first kappa shape index (κ1) is 21.3. The van der Waals surface area contributed by atoms with Crippen molar-refractivity contribution >= 4 is 8.32 Å². The van der Waals surface area contributed by atoms with E-state index in [2.05, 4.69) is 67.5 Å². The van der Waals surface area contributed by atoms with Gasteiger partial charge in [0.2, 0.25) is 0 Å². The summed E-state index contributed by atoms with van der Waals surface area (Å²) in [6, 6.07) is 4.17. The van der Waals surface area contributed by atoms with Crippen molar-refractivity contribution in [3.63, 3.8) is 0 Å². The van der Waals surface area contributed by atoms with E-state index in [1.54, 1.807) is 0 Å². The number of benzene rings is 1. The van der Waals surface area contributed by atoms with Gasteiger partial charge < -0.3 is 13.9 Å². The molecule has 0 radical (unpaired) electrons. The minimum absolute atomic E-state index is 0.107. The predicted molar refractivity (Wildman–Crippen MR) is 112 cm³/mol. The van der Waals surface area contributed by atoms with Crippen LogP contribution in [-0.4, -0.2) is 21.2 Å². The largest absolute Gasteiger partial charge is 0.543 e. The van der Waals surface area contributed by atoms with E-state index in [0.29, 0.717) is 16.6 Å². The molecule has 4 heteroatoms. The number of ether oxygens (including phenoxy) is 2. The van der Waals surface area contributed by atoms with Gasteiger partial charge in [0.25, 0.3) is 8.32 Å². The summed E-state index contributed by atoms with van der Waals surface area (Å²) in [4.78, 5) is 0. The molecule has 148 valence electrons. The van der Waals surface area contributed by atoms with Gasteiger partial charge in [-0.1, -0.05) is 41.5 Å². The van der Waals surface area contributed by atoms with Crippen LogP contribution in [0.4, 0.5) is 0 Å².